The monoisotopic (exact) mass is 792 g/mol. The van der Waals surface area contributed by atoms with E-state index in [1.165, 1.54) is 77.5 Å². The molecule has 2 nitrogen and oxygen atoms in total. The van der Waals surface area contributed by atoms with E-state index in [-0.39, 0.29) is 5.82 Å². The van der Waals surface area contributed by atoms with E-state index < -0.39 is 0 Å². The lowest BCUT2D eigenvalue weighted by Crippen LogP contribution is -2.09. The quantitative estimate of drug-likeness (QED) is 0.150. The summed E-state index contributed by atoms with van der Waals surface area (Å²) in [5.41, 5.74) is 12.6. The van der Waals surface area contributed by atoms with Crippen molar-refractivity contribution in [1.82, 2.24) is 0 Å². The zero-order valence-corrected chi connectivity index (χ0v) is 33.6. The summed E-state index contributed by atoms with van der Waals surface area (Å²) in [4.78, 5) is 2.06. The maximum absolute atomic E-state index is 14.0. The Kier molecular flexibility index (Phi) is 9.11. The Hall–Kier alpha value is -8.32. The molecular formula is C59H37FN2. The van der Waals surface area contributed by atoms with Crippen LogP contribution in [-0.2, 0) is 0 Å². The summed E-state index contributed by atoms with van der Waals surface area (Å²) in [6.45, 7) is 0. The lowest BCUT2D eigenvalue weighted by molar-refractivity contribution is 0.628. The number of halogens is 1. The molecule has 0 saturated heterocycles. The fourth-order valence-corrected chi connectivity index (χ4v) is 9.21. The second kappa shape index (κ2) is 15.4. The summed E-state index contributed by atoms with van der Waals surface area (Å²) in [5, 5.41) is 19.2. The number of hydrogen-bond acceptors (Lipinski definition) is 2. The normalized spacial score (nSPS) is 11.3. The van der Waals surface area contributed by atoms with Crippen LogP contribution in [0.1, 0.15) is 5.56 Å². The van der Waals surface area contributed by atoms with Gasteiger partial charge < -0.3 is 4.90 Å². The summed E-state index contributed by atoms with van der Waals surface area (Å²) in [6.07, 6.45) is 0. The highest BCUT2D eigenvalue weighted by Gasteiger charge is 2.20. The number of anilines is 3. The molecule has 0 saturated carbocycles. The summed E-state index contributed by atoms with van der Waals surface area (Å²) < 4.78 is 14.0. The summed E-state index contributed by atoms with van der Waals surface area (Å²) >= 11 is 0. The standard InChI is InChI=1S/C59H37FN2/c60-46-28-34-49(35-29-46)62(47-30-19-39(38-61)20-31-47)48-32-25-41(26-33-48)40-21-23-42(24-22-40)45-27-36-56-57(37-45)59(53-18-8-12-44-10-2-4-14-51(44)53)55-16-6-5-15-54(55)58(56)52-17-7-11-43-9-1-3-13-50(43)52/h1-37H. The number of nitrogens with zero attached hydrogens (tertiary/aromatic N) is 2. The molecule has 290 valence electrons. The van der Waals surface area contributed by atoms with Gasteiger partial charge in [0.2, 0.25) is 0 Å². The van der Waals surface area contributed by atoms with Crippen molar-refractivity contribution < 1.29 is 4.39 Å². The first-order chi connectivity index (χ1) is 30.6. The van der Waals surface area contributed by atoms with Gasteiger partial charge in [0.05, 0.1) is 11.6 Å². The molecule has 0 aliphatic heterocycles. The number of nitriles is 1. The van der Waals surface area contributed by atoms with Gasteiger partial charge in [0.1, 0.15) is 5.82 Å². The number of benzene rings is 11. The molecule has 0 spiro atoms. The largest absolute Gasteiger partial charge is 0.311 e. The van der Waals surface area contributed by atoms with Gasteiger partial charge in [-0.15, -0.1) is 0 Å². The fraction of sp³-hybridized carbons (Fsp3) is 0. The molecule has 0 atom stereocenters. The minimum atomic E-state index is -0.291. The smallest absolute Gasteiger partial charge is 0.123 e. The Bertz CT molecular complexity index is 3500. The zero-order valence-electron chi connectivity index (χ0n) is 33.6. The maximum Gasteiger partial charge on any atom is 0.123 e. The third-order valence-electron chi connectivity index (χ3n) is 12.2. The highest BCUT2D eigenvalue weighted by molar-refractivity contribution is 6.25. The highest BCUT2D eigenvalue weighted by Crippen LogP contribution is 2.47. The van der Waals surface area contributed by atoms with Crippen LogP contribution >= 0.6 is 0 Å². The van der Waals surface area contributed by atoms with Crippen LogP contribution in [0.5, 0.6) is 0 Å². The van der Waals surface area contributed by atoms with E-state index in [0.29, 0.717) is 5.56 Å². The van der Waals surface area contributed by atoms with Crippen LogP contribution in [0.3, 0.4) is 0 Å². The second-order valence-electron chi connectivity index (χ2n) is 15.7. The first-order valence-corrected chi connectivity index (χ1v) is 20.8. The van der Waals surface area contributed by atoms with Crippen molar-refractivity contribution in [3.8, 4) is 50.6 Å². The second-order valence-corrected chi connectivity index (χ2v) is 15.7. The molecule has 0 amide bonds. The van der Waals surface area contributed by atoms with Gasteiger partial charge >= 0.3 is 0 Å². The minimum Gasteiger partial charge on any atom is -0.311 e. The number of fused-ring (bicyclic) bond motifs is 4. The lowest BCUT2D eigenvalue weighted by Gasteiger charge is -2.25. The maximum atomic E-state index is 14.0. The van der Waals surface area contributed by atoms with Gasteiger partial charge in [-0.2, -0.15) is 5.26 Å². The van der Waals surface area contributed by atoms with Crippen LogP contribution in [0.2, 0.25) is 0 Å². The van der Waals surface area contributed by atoms with Gasteiger partial charge in [-0.05, 0) is 154 Å². The lowest BCUT2D eigenvalue weighted by atomic mass is 9.83. The van der Waals surface area contributed by atoms with Crippen LogP contribution in [0.4, 0.5) is 21.5 Å². The van der Waals surface area contributed by atoms with Crippen LogP contribution in [0, 0.1) is 17.1 Å². The van der Waals surface area contributed by atoms with Gasteiger partial charge in [-0.1, -0.05) is 158 Å². The van der Waals surface area contributed by atoms with Gasteiger partial charge in [-0.3, -0.25) is 0 Å². The molecule has 0 aliphatic rings. The van der Waals surface area contributed by atoms with E-state index in [2.05, 4.69) is 187 Å². The van der Waals surface area contributed by atoms with Crippen molar-refractivity contribution in [2.24, 2.45) is 0 Å². The van der Waals surface area contributed by atoms with E-state index in [1.54, 1.807) is 24.3 Å². The van der Waals surface area contributed by atoms with Gasteiger partial charge in [-0.25, -0.2) is 4.39 Å². The molecule has 0 aromatic heterocycles. The topological polar surface area (TPSA) is 27.0 Å². The van der Waals surface area contributed by atoms with Crippen LogP contribution in [-0.4, -0.2) is 0 Å². The molecule has 0 radical (unpaired) electrons. The minimum absolute atomic E-state index is 0.291. The van der Waals surface area contributed by atoms with Crippen molar-refractivity contribution >= 4 is 60.2 Å². The first-order valence-electron chi connectivity index (χ1n) is 20.8. The highest BCUT2D eigenvalue weighted by atomic mass is 19.1. The molecule has 0 N–H and O–H groups in total. The van der Waals surface area contributed by atoms with Gasteiger partial charge in [0.15, 0.2) is 0 Å². The number of hydrogen-bond donors (Lipinski definition) is 0. The molecule has 0 unspecified atom stereocenters. The van der Waals surface area contributed by atoms with Crippen molar-refractivity contribution in [3.05, 3.63) is 236 Å². The molecule has 0 fully saturated rings. The SMILES string of the molecule is N#Cc1ccc(N(c2ccc(F)cc2)c2ccc(-c3ccc(-c4ccc5c(-c6cccc7ccccc67)c6ccccc6c(-c6cccc7ccccc67)c5c4)cc3)cc2)cc1. The zero-order chi connectivity index (χ0) is 41.6. The van der Waals surface area contributed by atoms with Crippen LogP contribution < -0.4 is 4.90 Å². The average Bonchev–Trinajstić information content (AvgIpc) is 3.34. The predicted octanol–water partition coefficient (Wildman–Crippen LogP) is 16.4. The Morgan fingerprint density at radius 2 is 0.726 bits per heavy atom. The third kappa shape index (κ3) is 6.43. The van der Waals surface area contributed by atoms with Crippen molar-refractivity contribution in [2.75, 3.05) is 4.90 Å². The van der Waals surface area contributed by atoms with Crippen molar-refractivity contribution in [1.29, 1.82) is 5.26 Å². The van der Waals surface area contributed by atoms with E-state index in [4.69, 9.17) is 0 Å². The van der Waals surface area contributed by atoms with E-state index in [0.717, 1.165) is 39.3 Å². The molecule has 3 heteroatoms. The van der Waals surface area contributed by atoms with Crippen LogP contribution in [0.15, 0.2) is 224 Å². The predicted molar refractivity (Wildman–Crippen MR) is 258 cm³/mol. The molecular weight excluding hydrogens is 756 g/mol. The molecule has 0 heterocycles. The molecule has 11 aromatic carbocycles. The summed E-state index contributed by atoms with van der Waals surface area (Å²) in [6, 6.07) is 79.9. The molecule has 62 heavy (non-hydrogen) atoms. The van der Waals surface area contributed by atoms with E-state index in [9.17, 15) is 9.65 Å². The van der Waals surface area contributed by atoms with E-state index >= 15 is 0 Å². The third-order valence-corrected chi connectivity index (χ3v) is 12.2. The first kappa shape index (κ1) is 36.7. The number of rotatable bonds is 7. The summed E-state index contributed by atoms with van der Waals surface area (Å²) in [5.74, 6) is -0.291. The van der Waals surface area contributed by atoms with Crippen LogP contribution in [0.25, 0.3) is 87.6 Å². The Labute approximate surface area is 359 Å². The van der Waals surface area contributed by atoms with E-state index in [1.807, 2.05) is 12.1 Å². The Morgan fingerprint density at radius 1 is 0.339 bits per heavy atom. The molecule has 11 aromatic rings. The van der Waals surface area contributed by atoms with Crippen molar-refractivity contribution in [3.63, 3.8) is 0 Å². The molecule has 0 bridgehead atoms. The average molecular weight is 793 g/mol. The fourth-order valence-electron chi connectivity index (χ4n) is 9.21. The summed E-state index contributed by atoms with van der Waals surface area (Å²) in [7, 11) is 0. The molecule has 11 rings (SSSR count). The Balaban J connectivity index is 1.03. The Morgan fingerprint density at radius 3 is 1.26 bits per heavy atom. The van der Waals surface area contributed by atoms with Crippen molar-refractivity contribution in [2.45, 2.75) is 0 Å². The van der Waals surface area contributed by atoms with Gasteiger partial charge in [0, 0.05) is 17.1 Å². The van der Waals surface area contributed by atoms with Gasteiger partial charge in [0.25, 0.3) is 0 Å². The molecule has 0 aliphatic carbocycles.